The molecule has 11 heteroatoms. The second-order valence-corrected chi connectivity index (χ2v) is 11.2. The Kier molecular flexibility index (Phi) is 5.06. The number of aromatic nitrogens is 6. The smallest absolute Gasteiger partial charge is 0.321 e. The van der Waals surface area contributed by atoms with E-state index in [1.165, 1.54) is 5.56 Å². The van der Waals surface area contributed by atoms with Crippen LogP contribution in [0.3, 0.4) is 0 Å². The third kappa shape index (κ3) is 3.95. The Balaban J connectivity index is 1.09. The van der Waals surface area contributed by atoms with Crippen molar-refractivity contribution in [3.05, 3.63) is 29.3 Å². The number of amides is 1. The predicted octanol–water partition coefficient (Wildman–Crippen LogP) is 2.66. The van der Waals surface area contributed by atoms with Crippen LogP contribution >= 0.6 is 0 Å². The molecule has 5 fully saturated rings. The van der Waals surface area contributed by atoms with Crippen LogP contribution < -0.4 is 15.0 Å². The lowest BCUT2D eigenvalue weighted by Crippen LogP contribution is -2.68. The zero-order valence-electron chi connectivity index (χ0n) is 20.8. The van der Waals surface area contributed by atoms with Gasteiger partial charge in [-0.1, -0.05) is 0 Å². The second-order valence-electron chi connectivity index (χ2n) is 11.2. The summed E-state index contributed by atoms with van der Waals surface area (Å²) in [5.41, 5.74) is 2.99. The van der Waals surface area contributed by atoms with Gasteiger partial charge in [0, 0.05) is 47.7 Å². The van der Waals surface area contributed by atoms with Crippen molar-refractivity contribution in [2.45, 2.75) is 56.9 Å². The molecule has 11 nitrogen and oxygen atoms in total. The largest absolute Gasteiger partial charge is 0.463 e. The molecule has 190 valence electrons. The molecule has 1 saturated heterocycles. The van der Waals surface area contributed by atoms with Gasteiger partial charge in [-0.2, -0.15) is 25.3 Å². The van der Waals surface area contributed by atoms with Gasteiger partial charge in [0.15, 0.2) is 5.65 Å². The highest BCUT2D eigenvalue weighted by Gasteiger charge is 2.57. The van der Waals surface area contributed by atoms with E-state index in [9.17, 15) is 4.79 Å². The number of aromatic amines is 1. The second kappa shape index (κ2) is 8.36. The van der Waals surface area contributed by atoms with E-state index in [4.69, 9.17) is 10.00 Å². The molecule has 1 amide bonds. The fourth-order valence-corrected chi connectivity index (χ4v) is 6.15. The van der Waals surface area contributed by atoms with Crippen LogP contribution in [0.5, 0.6) is 6.01 Å². The van der Waals surface area contributed by atoms with Gasteiger partial charge in [-0.05, 0) is 63.0 Å². The van der Waals surface area contributed by atoms with Crippen LogP contribution in [0.2, 0.25) is 0 Å². The van der Waals surface area contributed by atoms with E-state index in [1.54, 1.807) is 6.20 Å². The number of nitrogens with zero attached hydrogens (tertiary/aromatic N) is 7. The number of ether oxygens (including phenoxy) is 1. The highest BCUT2D eigenvalue weighted by Crippen LogP contribution is 2.57. The van der Waals surface area contributed by atoms with E-state index in [2.05, 4.69) is 53.3 Å². The van der Waals surface area contributed by atoms with Crippen molar-refractivity contribution in [1.82, 2.24) is 35.5 Å². The number of hydrogen-bond acceptors (Lipinski definition) is 9. The monoisotopic (exact) mass is 499 g/mol. The quantitative estimate of drug-likeness (QED) is 0.501. The average Bonchev–Trinajstić information content (AvgIpc) is 3.50. The molecule has 0 spiro atoms. The Labute approximate surface area is 214 Å². The zero-order chi connectivity index (χ0) is 25.1. The third-order valence-electron chi connectivity index (χ3n) is 8.61. The molecule has 4 aliphatic carbocycles. The highest BCUT2D eigenvalue weighted by atomic mass is 16.5. The van der Waals surface area contributed by atoms with Crippen molar-refractivity contribution in [2.75, 3.05) is 24.6 Å². The van der Waals surface area contributed by atoms with Crippen LogP contribution in [0.1, 0.15) is 66.3 Å². The first kappa shape index (κ1) is 22.4. The molecule has 2 N–H and O–H groups in total. The number of pyridine rings is 1. The summed E-state index contributed by atoms with van der Waals surface area (Å²) in [6.07, 6.45) is 7.54. The number of carbonyl (C=O) groups is 1. The molecule has 1 aliphatic heterocycles. The maximum atomic E-state index is 13.1. The molecule has 2 bridgehead atoms. The Morgan fingerprint density at radius 2 is 2.08 bits per heavy atom. The Bertz CT molecular complexity index is 1400. The molecule has 0 unspecified atom stereocenters. The summed E-state index contributed by atoms with van der Waals surface area (Å²) in [5, 5.41) is 21.0. The number of nitrogens with one attached hydrogen (secondary N) is 2. The third-order valence-corrected chi connectivity index (χ3v) is 8.61. The van der Waals surface area contributed by atoms with Crippen LogP contribution in [0.4, 0.5) is 5.95 Å². The predicted molar refractivity (Wildman–Crippen MR) is 133 cm³/mol. The molecule has 3 aromatic rings. The van der Waals surface area contributed by atoms with Crippen LogP contribution in [0, 0.1) is 36.0 Å². The summed E-state index contributed by atoms with van der Waals surface area (Å²) in [4.78, 5) is 33.1. The fraction of sp³-hybridized carbons (Fsp3) is 0.577. The topological polar surface area (TPSA) is 146 Å². The van der Waals surface area contributed by atoms with E-state index in [0.717, 1.165) is 74.3 Å². The van der Waals surface area contributed by atoms with Crippen molar-refractivity contribution in [2.24, 2.45) is 17.8 Å². The van der Waals surface area contributed by atoms with Crippen molar-refractivity contribution < 1.29 is 9.53 Å². The number of rotatable bonds is 7. The first-order valence-corrected chi connectivity index (χ1v) is 13.2. The highest BCUT2D eigenvalue weighted by molar-refractivity contribution is 5.91. The first-order chi connectivity index (χ1) is 18.0. The van der Waals surface area contributed by atoms with Gasteiger partial charge in [-0.15, -0.1) is 0 Å². The number of hydrogen-bond donors (Lipinski definition) is 2. The molecule has 0 aromatic carbocycles. The van der Waals surface area contributed by atoms with Gasteiger partial charge >= 0.3 is 6.01 Å². The van der Waals surface area contributed by atoms with E-state index in [-0.39, 0.29) is 35.1 Å². The lowest BCUT2D eigenvalue weighted by atomic mass is 9.50. The normalized spacial score (nSPS) is 28.2. The number of fused-ring (bicyclic) bond motifs is 1. The maximum Gasteiger partial charge on any atom is 0.321 e. The standard InChI is InChI=1S/C26H29N9O2/c1-14-2-5-28-21-19(14)20(33-34-21)16-3-6-35(7-4-16)24-29-22(23(36)32-26-9-15(10-26)11-26)30-25(31-24)37-13-18-8-17(18)12-27/h2,5,15-18H,3-4,6-11,13H2,1H3,(H,32,36)(H,28,33,34)/t15?,17-,18+,26?/m0/s1. The zero-order valence-corrected chi connectivity index (χ0v) is 20.8. The molecule has 2 atom stereocenters. The van der Waals surface area contributed by atoms with Crippen LogP contribution in [0.15, 0.2) is 12.3 Å². The molecular formula is C26H29N9O2. The van der Waals surface area contributed by atoms with Gasteiger partial charge in [0.05, 0.1) is 18.6 Å². The molecule has 3 aromatic heterocycles. The number of piperidine rings is 1. The van der Waals surface area contributed by atoms with Crippen LogP contribution in [-0.4, -0.2) is 61.3 Å². The Morgan fingerprint density at radius 1 is 1.27 bits per heavy atom. The van der Waals surface area contributed by atoms with E-state index in [1.807, 2.05) is 6.07 Å². The van der Waals surface area contributed by atoms with Crippen molar-refractivity contribution in [3.8, 4) is 12.1 Å². The molecule has 5 aliphatic rings. The summed E-state index contributed by atoms with van der Waals surface area (Å²) >= 11 is 0. The Morgan fingerprint density at radius 3 is 2.78 bits per heavy atom. The number of carbonyl (C=O) groups excluding carboxylic acids is 1. The van der Waals surface area contributed by atoms with Gasteiger partial charge < -0.3 is 15.0 Å². The minimum absolute atomic E-state index is 0.0322. The molecule has 37 heavy (non-hydrogen) atoms. The molecular weight excluding hydrogens is 470 g/mol. The number of aryl methyl sites for hydroxylation is 1. The number of nitriles is 1. The van der Waals surface area contributed by atoms with Crippen LogP contribution in [-0.2, 0) is 0 Å². The van der Waals surface area contributed by atoms with E-state index in [0.29, 0.717) is 18.5 Å². The lowest BCUT2D eigenvalue weighted by Gasteiger charge is -2.61. The molecule has 0 radical (unpaired) electrons. The van der Waals surface area contributed by atoms with Crippen molar-refractivity contribution in [1.29, 1.82) is 5.26 Å². The van der Waals surface area contributed by atoms with Gasteiger partial charge in [0.1, 0.15) is 0 Å². The summed E-state index contributed by atoms with van der Waals surface area (Å²) < 4.78 is 5.87. The summed E-state index contributed by atoms with van der Waals surface area (Å²) in [6.45, 7) is 3.93. The van der Waals surface area contributed by atoms with Gasteiger partial charge in [-0.25, -0.2) is 4.98 Å². The first-order valence-electron chi connectivity index (χ1n) is 13.2. The average molecular weight is 500 g/mol. The SMILES string of the molecule is Cc1ccnc2n[nH]c(C3CCN(c4nc(OC[C@H]5C[C@H]5C#N)nc(C(=O)NC56CC(C5)C6)n4)CC3)c12. The lowest BCUT2D eigenvalue weighted by molar-refractivity contribution is -0.0441. The fourth-order valence-electron chi connectivity index (χ4n) is 6.15. The summed E-state index contributed by atoms with van der Waals surface area (Å²) in [5.74, 6) is 1.60. The van der Waals surface area contributed by atoms with Crippen molar-refractivity contribution in [3.63, 3.8) is 0 Å². The summed E-state index contributed by atoms with van der Waals surface area (Å²) in [6, 6.07) is 4.44. The van der Waals surface area contributed by atoms with Gasteiger partial charge in [0.2, 0.25) is 11.8 Å². The van der Waals surface area contributed by atoms with E-state index >= 15 is 0 Å². The minimum atomic E-state index is -0.269. The Hall–Kier alpha value is -3.81. The van der Waals surface area contributed by atoms with Crippen LogP contribution in [0.25, 0.3) is 11.0 Å². The number of H-pyrrole nitrogens is 1. The van der Waals surface area contributed by atoms with Crippen molar-refractivity contribution >= 4 is 22.9 Å². The molecule has 4 saturated carbocycles. The maximum absolute atomic E-state index is 13.1. The molecule has 4 heterocycles. The van der Waals surface area contributed by atoms with E-state index < -0.39 is 0 Å². The molecule has 8 rings (SSSR count). The minimum Gasteiger partial charge on any atom is -0.463 e. The summed E-state index contributed by atoms with van der Waals surface area (Å²) in [7, 11) is 0. The number of anilines is 1. The van der Waals surface area contributed by atoms with Gasteiger partial charge in [-0.3, -0.25) is 9.89 Å². The van der Waals surface area contributed by atoms with Gasteiger partial charge in [0.25, 0.3) is 5.91 Å².